The number of hydrogen-bond donors (Lipinski definition) is 1. The third kappa shape index (κ3) is 5.61. The molecule has 4 nitrogen and oxygen atoms in total. The summed E-state index contributed by atoms with van der Waals surface area (Å²) in [6.45, 7) is -3.06. The molecular weight excluding hydrogens is 326 g/mol. The number of ether oxygens (including phenoxy) is 1. The van der Waals surface area contributed by atoms with Crippen molar-refractivity contribution in [1.29, 1.82) is 0 Å². The molecule has 124 valence electrons. The average Bonchev–Trinajstić information content (AvgIpc) is 2.46. The van der Waals surface area contributed by atoms with E-state index < -0.39 is 16.4 Å². The highest BCUT2D eigenvalue weighted by Crippen LogP contribution is 2.19. The molecule has 0 amide bonds. The molecule has 1 N–H and O–H groups in total. The van der Waals surface area contributed by atoms with Gasteiger partial charge >= 0.3 is 6.61 Å². The number of alkyl halides is 2. The predicted octanol–water partition coefficient (Wildman–Crippen LogP) is 2.90. The van der Waals surface area contributed by atoms with Crippen molar-refractivity contribution < 1.29 is 27.0 Å². The van der Waals surface area contributed by atoms with Gasteiger partial charge in [0, 0.05) is 0 Å². The normalized spacial score (nSPS) is 11.7. The minimum atomic E-state index is -3.46. The molecule has 2 aromatic carbocycles. The summed E-state index contributed by atoms with van der Waals surface area (Å²) in [5.41, 5.74) is 1.68. The smallest absolute Gasteiger partial charge is 0.387 e. The van der Waals surface area contributed by atoms with E-state index in [1.165, 1.54) is 18.2 Å². The number of benzene rings is 2. The minimum Gasteiger partial charge on any atom is -0.435 e. The monoisotopic (exact) mass is 342 g/mol. The number of aliphatic hydroxyl groups excluding tert-OH is 1. The van der Waals surface area contributed by atoms with Gasteiger partial charge in [-0.05, 0) is 28.8 Å². The molecule has 23 heavy (non-hydrogen) atoms. The van der Waals surface area contributed by atoms with Gasteiger partial charge in [0.25, 0.3) is 0 Å². The third-order valence-electron chi connectivity index (χ3n) is 3.10. The molecule has 0 saturated carbocycles. The van der Waals surface area contributed by atoms with Crippen LogP contribution >= 0.6 is 0 Å². The largest absolute Gasteiger partial charge is 0.435 e. The molecule has 0 fully saturated rings. The molecule has 0 aliphatic rings. The highest BCUT2D eigenvalue weighted by Gasteiger charge is 2.14. The number of hydrogen-bond acceptors (Lipinski definition) is 4. The molecule has 0 atom stereocenters. The Morgan fingerprint density at radius 3 is 2.17 bits per heavy atom. The van der Waals surface area contributed by atoms with E-state index in [1.807, 2.05) is 0 Å². The minimum absolute atomic E-state index is 0.0694. The molecule has 0 aromatic heterocycles. The summed E-state index contributed by atoms with van der Waals surface area (Å²) in [5, 5.41) is 8.96. The lowest BCUT2D eigenvalue weighted by Gasteiger charge is -2.08. The van der Waals surface area contributed by atoms with Crippen LogP contribution in [0.15, 0.2) is 48.5 Å². The van der Waals surface area contributed by atoms with Gasteiger partial charge in [-0.2, -0.15) is 8.78 Å². The average molecular weight is 342 g/mol. The van der Waals surface area contributed by atoms with Crippen LogP contribution in [0.5, 0.6) is 5.75 Å². The molecule has 0 saturated heterocycles. The van der Waals surface area contributed by atoms with Crippen LogP contribution in [0.3, 0.4) is 0 Å². The zero-order chi connectivity index (χ0) is 16.9. The number of sulfone groups is 1. The molecule has 7 heteroatoms. The van der Waals surface area contributed by atoms with Crippen LogP contribution in [-0.4, -0.2) is 20.1 Å². The van der Waals surface area contributed by atoms with E-state index in [4.69, 9.17) is 5.11 Å². The van der Waals surface area contributed by atoms with Crippen LogP contribution in [0.2, 0.25) is 0 Å². The molecular formula is C16H16F2O4S. The lowest BCUT2D eigenvalue weighted by atomic mass is 10.2. The van der Waals surface area contributed by atoms with Crippen LogP contribution in [0, 0.1) is 0 Å². The Labute approximate surface area is 133 Å². The van der Waals surface area contributed by atoms with Gasteiger partial charge in [0.05, 0.1) is 18.1 Å². The molecule has 2 aromatic rings. The first-order valence-electron chi connectivity index (χ1n) is 6.81. The van der Waals surface area contributed by atoms with Crippen molar-refractivity contribution >= 4 is 9.84 Å². The second kappa shape index (κ2) is 7.52. The first kappa shape index (κ1) is 17.4. The molecule has 0 bridgehead atoms. The van der Waals surface area contributed by atoms with E-state index in [2.05, 4.69) is 4.74 Å². The van der Waals surface area contributed by atoms with Crippen molar-refractivity contribution in [3.63, 3.8) is 0 Å². The van der Waals surface area contributed by atoms with Crippen LogP contribution in [0.25, 0.3) is 0 Å². The first-order valence-corrected chi connectivity index (χ1v) is 8.63. The molecule has 0 unspecified atom stereocenters. The molecule has 0 radical (unpaired) electrons. The summed E-state index contributed by atoms with van der Waals surface area (Å²) >= 11 is 0. The van der Waals surface area contributed by atoms with E-state index in [0.29, 0.717) is 16.7 Å². The lowest BCUT2D eigenvalue weighted by Crippen LogP contribution is -2.08. The van der Waals surface area contributed by atoms with Crippen molar-refractivity contribution in [1.82, 2.24) is 0 Å². The maximum Gasteiger partial charge on any atom is 0.387 e. The van der Waals surface area contributed by atoms with E-state index >= 15 is 0 Å². The van der Waals surface area contributed by atoms with Crippen molar-refractivity contribution in [2.45, 2.75) is 24.7 Å². The second-order valence-corrected chi connectivity index (χ2v) is 7.10. The van der Waals surface area contributed by atoms with E-state index in [0.717, 1.165) is 0 Å². The molecule has 2 rings (SSSR count). The lowest BCUT2D eigenvalue weighted by molar-refractivity contribution is -0.0498. The van der Waals surface area contributed by atoms with Crippen LogP contribution in [0.1, 0.15) is 16.7 Å². The van der Waals surface area contributed by atoms with Gasteiger partial charge in [-0.3, -0.25) is 0 Å². The fraction of sp³-hybridized carbons (Fsp3) is 0.250. The van der Waals surface area contributed by atoms with Crippen molar-refractivity contribution in [2.24, 2.45) is 0 Å². The maximum absolute atomic E-state index is 12.2. The number of halogens is 2. The summed E-state index contributed by atoms with van der Waals surface area (Å²) in [6, 6.07) is 12.2. The molecule has 0 spiro atoms. The standard InChI is InChI=1S/C16H16F2O4S/c17-16(18)22-15-3-1-2-14(8-15)11-23(20,21)10-13-6-4-12(9-19)5-7-13/h1-8,16,19H,9-11H2. The SMILES string of the molecule is O=S(=O)(Cc1ccc(CO)cc1)Cc1cccc(OC(F)F)c1. The summed E-state index contributed by atoms with van der Waals surface area (Å²) in [5.74, 6) is -0.506. The van der Waals surface area contributed by atoms with Gasteiger partial charge in [-0.25, -0.2) is 8.42 Å². The summed E-state index contributed by atoms with van der Waals surface area (Å²) in [6.07, 6.45) is 0. The zero-order valence-corrected chi connectivity index (χ0v) is 13.0. The van der Waals surface area contributed by atoms with Crippen LogP contribution < -0.4 is 4.74 Å². The third-order valence-corrected chi connectivity index (χ3v) is 4.65. The van der Waals surface area contributed by atoms with Crippen molar-refractivity contribution in [2.75, 3.05) is 0 Å². The molecule has 0 aliphatic heterocycles. The molecule has 0 aliphatic carbocycles. The Bertz CT molecular complexity index is 743. The maximum atomic E-state index is 12.2. The fourth-order valence-corrected chi connectivity index (χ4v) is 3.60. The van der Waals surface area contributed by atoms with Crippen LogP contribution in [-0.2, 0) is 27.9 Å². The first-order chi connectivity index (χ1) is 10.9. The van der Waals surface area contributed by atoms with E-state index in [1.54, 1.807) is 30.3 Å². The number of aliphatic hydroxyl groups is 1. The fourth-order valence-electron chi connectivity index (χ4n) is 2.11. The van der Waals surface area contributed by atoms with Crippen molar-refractivity contribution in [3.8, 4) is 5.75 Å². The van der Waals surface area contributed by atoms with Crippen LogP contribution in [0.4, 0.5) is 8.78 Å². The molecule has 0 heterocycles. The Morgan fingerprint density at radius 1 is 0.957 bits per heavy atom. The van der Waals surface area contributed by atoms with E-state index in [-0.39, 0.29) is 23.9 Å². The summed E-state index contributed by atoms with van der Waals surface area (Å²) < 4.78 is 53.1. The van der Waals surface area contributed by atoms with Gasteiger partial charge in [-0.15, -0.1) is 0 Å². The van der Waals surface area contributed by atoms with Gasteiger partial charge in [0.15, 0.2) is 9.84 Å². The Morgan fingerprint density at radius 2 is 1.57 bits per heavy atom. The van der Waals surface area contributed by atoms with Gasteiger partial charge < -0.3 is 9.84 Å². The highest BCUT2D eigenvalue weighted by atomic mass is 32.2. The quantitative estimate of drug-likeness (QED) is 0.840. The van der Waals surface area contributed by atoms with Gasteiger partial charge in [-0.1, -0.05) is 36.4 Å². The van der Waals surface area contributed by atoms with Crippen molar-refractivity contribution in [3.05, 3.63) is 65.2 Å². The topological polar surface area (TPSA) is 63.6 Å². The Kier molecular flexibility index (Phi) is 5.68. The zero-order valence-electron chi connectivity index (χ0n) is 12.2. The predicted molar refractivity (Wildman–Crippen MR) is 81.8 cm³/mol. The highest BCUT2D eigenvalue weighted by molar-refractivity contribution is 7.89. The van der Waals surface area contributed by atoms with Gasteiger partial charge in [0.1, 0.15) is 5.75 Å². The summed E-state index contributed by atoms with van der Waals surface area (Å²) in [4.78, 5) is 0. The van der Waals surface area contributed by atoms with E-state index in [9.17, 15) is 17.2 Å². The number of rotatable bonds is 7. The Balaban J connectivity index is 2.08. The summed E-state index contributed by atoms with van der Waals surface area (Å²) in [7, 11) is -3.46. The Hall–Kier alpha value is -1.99. The second-order valence-electron chi connectivity index (χ2n) is 5.03. The van der Waals surface area contributed by atoms with Gasteiger partial charge in [0.2, 0.25) is 0 Å².